The van der Waals surface area contributed by atoms with Crippen molar-refractivity contribution in [3.8, 4) is 0 Å². The molecular weight excluding hydrogens is 240 g/mol. The van der Waals surface area contributed by atoms with Crippen molar-refractivity contribution in [2.45, 2.75) is 45.2 Å². The highest BCUT2D eigenvalue weighted by atomic mass is 16.2. The van der Waals surface area contributed by atoms with Gasteiger partial charge in [-0.1, -0.05) is 12.8 Å². The highest BCUT2D eigenvalue weighted by molar-refractivity contribution is 5.75. The molecule has 0 spiro atoms. The number of rotatable bonds is 3. The van der Waals surface area contributed by atoms with Crippen molar-refractivity contribution in [3.05, 3.63) is 18.0 Å². The van der Waals surface area contributed by atoms with Gasteiger partial charge in [0.2, 0.25) is 0 Å². The number of likely N-dealkylation sites (tertiary alicyclic amines) is 1. The molecule has 1 aromatic rings. The standard InChI is InChI=1S/C14H22N4O/c1-11-6-15-18(7-11)10-12-8-17(9-12)14(19)16-13-4-2-3-5-13/h6-7,12-13H,2-5,8-10H2,1H3,(H,16,19). The molecule has 1 N–H and O–H groups in total. The number of urea groups is 1. The zero-order valence-corrected chi connectivity index (χ0v) is 11.5. The third-order valence-electron chi connectivity index (χ3n) is 4.13. The first-order valence-corrected chi connectivity index (χ1v) is 7.25. The largest absolute Gasteiger partial charge is 0.335 e. The highest BCUT2D eigenvalue weighted by Crippen LogP contribution is 2.21. The third kappa shape index (κ3) is 2.91. The van der Waals surface area contributed by atoms with E-state index in [1.165, 1.54) is 18.4 Å². The van der Waals surface area contributed by atoms with E-state index in [0.29, 0.717) is 12.0 Å². The van der Waals surface area contributed by atoms with Gasteiger partial charge in [0.05, 0.1) is 6.20 Å². The van der Waals surface area contributed by atoms with Crippen LogP contribution in [0, 0.1) is 12.8 Å². The van der Waals surface area contributed by atoms with Gasteiger partial charge in [0.15, 0.2) is 0 Å². The Morgan fingerprint density at radius 2 is 2.16 bits per heavy atom. The fourth-order valence-electron chi connectivity index (χ4n) is 3.02. The molecule has 5 heteroatoms. The van der Waals surface area contributed by atoms with E-state index in [2.05, 4.69) is 16.6 Å². The van der Waals surface area contributed by atoms with Crippen LogP contribution in [0.25, 0.3) is 0 Å². The van der Waals surface area contributed by atoms with Crippen molar-refractivity contribution in [2.24, 2.45) is 5.92 Å². The molecule has 5 nitrogen and oxygen atoms in total. The molecule has 0 aromatic carbocycles. The Labute approximate surface area is 114 Å². The van der Waals surface area contributed by atoms with Crippen LogP contribution < -0.4 is 5.32 Å². The minimum absolute atomic E-state index is 0.125. The monoisotopic (exact) mass is 262 g/mol. The summed E-state index contributed by atoms with van der Waals surface area (Å²) in [5.74, 6) is 0.550. The van der Waals surface area contributed by atoms with Crippen molar-refractivity contribution in [3.63, 3.8) is 0 Å². The van der Waals surface area contributed by atoms with E-state index in [0.717, 1.165) is 32.5 Å². The molecule has 1 saturated carbocycles. The molecule has 2 heterocycles. The summed E-state index contributed by atoms with van der Waals surface area (Å²) in [7, 11) is 0. The van der Waals surface area contributed by atoms with Crippen LogP contribution in [-0.4, -0.2) is 39.8 Å². The lowest BCUT2D eigenvalue weighted by Crippen LogP contribution is -2.56. The highest BCUT2D eigenvalue weighted by Gasteiger charge is 2.32. The van der Waals surface area contributed by atoms with Gasteiger partial charge >= 0.3 is 6.03 Å². The Morgan fingerprint density at radius 3 is 2.79 bits per heavy atom. The maximum absolute atomic E-state index is 12.0. The minimum atomic E-state index is 0.125. The van der Waals surface area contributed by atoms with E-state index < -0.39 is 0 Å². The number of nitrogens with one attached hydrogen (secondary N) is 1. The predicted molar refractivity (Wildman–Crippen MR) is 72.8 cm³/mol. The minimum Gasteiger partial charge on any atom is -0.335 e. The Morgan fingerprint density at radius 1 is 1.42 bits per heavy atom. The quantitative estimate of drug-likeness (QED) is 0.902. The summed E-state index contributed by atoms with van der Waals surface area (Å²) in [5, 5.41) is 7.42. The van der Waals surface area contributed by atoms with Crippen LogP contribution in [0.2, 0.25) is 0 Å². The summed E-state index contributed by atoms with van der Waals surface area (Å²) in [6, 6.07) is 0.542. The van der Waals surface area contributed by atoms with E-state index in [9.17, 15) is 4.79 Å². The second kappa shape index (κ2) is 5.23. The van der Waals surface area contributed by atoms with E-state index in [-0.39, 0.29) is 6.03 Å². The molecule has 3 rings (SSSR count). The van der Waals surface area contributed by atoms with E-state index >= 15 is 0 Å². The number of amides is 2. The summed E-state index contributed by atoms with van der Waals surface area (Å²) >= 11 is 0. The Kier molecular flexibility index (Phi) is 3.44. The van der Waals surface area contributed by atoms with E-state index in [1.807, 2.05) is 22.7 Å². The molecular formula is C14H22N4O. The molecule has 2 aliphatic rings. The molecule has 104 valence electrons. The van der Waals surface area contributed by atoms with Crippen molar-refractivity contribution in [1.29, 1.82) is 0 Å². The van der Waals surface area contributed by atoms with Gasteiger partial charge in [0.25, 0.3) is 0 Å². The number of aromatic nitrogens is 2. The smallest absolute Gasteiger partial charge is 0.317 e. The average Bonchev–Trinajstić information content (AvgIpc) is 2.94. The summed E-state index contributed by atoms with van der Waals surface area (Å²) in [6.45, 7) is 4.68. The van der Waals surface area contributed by atoms with Crippen LogP contribution in [0.15, 0.2) is 12.4 Å². The number of carbonyl (C=O) groups excluding carboxylic acids is 1. The summed E-state index contributed by atoms with van der Waals surface area (Å²) in [4.78, 5) is 13.9. The van der Waals surface area contributed by atoms with Crippen molar-refractivity contribution in [2.75, 3.05) is 13.1 Å². The maximum atomic E-state index is 12.0. The Balaban J connectivity index is 1.40. The number of nitrogens with zero attached hydrogens (tertiary/aromatic N) is 3. The molecule has 1 aliphatic heterocycles. The lowest BCUT2D eigenvalue weighted by Gasteiger charge is -2.39. The van der Waals surface area contributed by atoms with E-state index in [4.69, 9.17) is 0 Å². The number of carbonyl (C=O) groups is 1. The first-order valence-electron chi connectivity index (χ1n) is 7.25. The predicted octanol–water partition coefficient (Wildman–Crippen LogP) is 1.78. The summed E-state index contributed by atoms with van der Waals surface area (Å²) < 4.78 is 1.98. The lowest BCUT2D eigenvalue weighted by atomic mass is 10.0. The van der Waals surface area contributed by atoms with E-state index in [1.54, 1.807) is 0 Å². The van der Waals surface area contributed by atoms with Crippen molar-refractivity contribution >= 4 is 6.03 Å². The molecule has 0 radical (unpaired) electrons. The Hall–Kier alpha value is -1.52. The number of hydrogen-bond acceptors (Lipinski definition) is 2. The first-order chi connectivity index (χ1) is 9.20. The fraction of sp³-hybridized carbons (Fsp3) is 0.714. The van der Waals surface area contributed by atoms with Gasteiger partial charge in [-0.2, -0.15) is 5.10 Å². The van der Waals surface area contributed by atoms with Crippen LogP contribution in [0.1, 0.15) is 31.2 Å². The van der Waals surface area contributed by atoms with Crippen LogP contribution in [0.4, 0.5) is 4.79 Å². The van der Waals surface area contributed by atoms with Gasteiger partial charge in [-0.15, -0.1) is 0 Å². The normalized spacial score (nSPS) is 20.6. The zero-order valence-electron chi connectivity index (χ0n) is 11.5. The molecule has 2 fully saturated rings. The second-order valence-electron chi connectivity index (χ2n) is 5.94. The SMILES string of the molecule is Cc1cnn(CC2CN(C(=O)NC3CCCC3)C2)c1. The number of hydrogen-bond donors (Lipinski definition) is 1. The molecule has 1 aromatic heterocycles. The molecule has 19 heavy (non-hydrogen) atoms. The molecule has 2 amide bonds. The van der Waals surface area contributed by atoms with Crippen LogP contribution in [-0.2, 0) is 6.54 Å². The van der Waals surface area contributed by atoms with Gasteiger partial charge in [0, 0.05) is 37.8 Å². The molecule has 1 saturated heterocycles. The number of aryl methyl sites for hydroxylation is 1. The third-order valence-corrected chi connectivity index (χ3v) is 4.13. The molecule has 0 unspecified atom stereocenters. The van der Waals surface area contributed by atoms with Crippen molar-refractivity contribution in [1.82, 2.24) is 20.0 Å². The first kappa shape index (κ1) is 12.5. The van der Waals surface area contributed by atoms with Crippen LogP contribution in [0.5, 0.6) is 0 Å². The summed E-state index contributed by atoms with van der Waals surface area (Å²) in [5.41, 5.74) is 1.19. The zero-order chi connectivity index (χ0) is 13.2. The van der Waals surface area contributed by atoms with Gasteiger partial charge in [-0.3, -0.25) is 4.68 Å². The Bertz CT molecular complexity index is 444. The average molecular weight is 262 g/mol. The van der Waals surface area contributed by atoms with Crippen LogP contribution >= 0.6 is 0 Å². The van der Waals surface area contributed by atoms with Gasteiger partial charge < -0.3 is 10.2 Å². The molecule has 0 bridgehead atoms. The molecule has 1 aliphatic carbocycles. The lowest BCUT2D eigenvalue weighted by molar-refractivity contribution is 0.106. The molecule has 0 atom stereocenters. The topological polar surface area (TPSA) is 50.2 Å². The van der Waals surface area contributed by atoms with Gasteiger partial charge in [-0.25, -0.2) is 4.79 Å². The second-order valence-corrected chi connectivity index (χ2v) is 5.94. The summed E-state index contributed by atoms with van der Waals surface area (Å²) in [6.07, 6.45) is 8.74. The maximum Gasteiger partial charge on any atom is 0.317 e. The van der Waals surface area contributed by atoms with Gasteiger partial charge in [0.1, 0.15) is 0 Å². The fourth-order valence-corrected chi connectivity index (χ4v) is 3.02. The van der Waals surface area contributed by atoms with Crippen LogP contribution in [0.3, 0.4) is 0 Å². The van der Waals surface area contributed by atoms with Crippen molar-refractivity contribution < 1.29 is 4.79 Å². The van der Waals surface area contributed by atoms with Gasteiger partial charge in [-0.05, 0) is 25.3 Å².